The summed E-state index contributed by atoms with van der Waals surface area (Å²) in [4.78, 5) is 32.5. The Morgan fingerprint density at radius 2 is 1.90 bits per heavy atom. The van der Waals surface area contributed by atoms with Crippen molar-refractivity contribution in [3.8, 4) is 17.9 Å². The molecule has 0 bridgehead atoms. The number of alkyl halides is 3. The van der Waals surface area contributed by atoms with E-state index in [4.69, 9.17) is 14.6 Å². The molecule has 3 rings (SSSR count). The SMILES string of the molecule is CC#CCn1c(=O)n(C)c2nc(OC)nc(N3CCNCC3)c21.O=C(O)C(F)(F)F. The molecule has 2 N–H and O–H groups in total. The molecular formula is C17H21F3N6O4. The number of piperazine rings is 1. The third-order valence-electron chi connectivity index (χ3n) is 4.19. The number of anilines is 1. The van der Waals surface area contributed by atoms with Crippen LogP contribution < -0.4 is 20.6 Å². The number of methoxy groups -OCH3 is 1. The van der Waals surface area contributed by atoms with Crippen LogP contribution in [0.15, 0.2) is 4.79 Å². The number of aryl methyl sites for hydroxylation is 1. The summed E-state index contributed by atoms with van der Waals surface area (Å²) in [6, 6.07) is 0.264. The molecule has 0 radical (unpaired) electrons. The van der Waals surface area contributed by atoms with Crippen molar-refractivity contribution in [1.82, 2.24) is 24.4 Å². The normalized spacial score (nSPS) is 13.9. The number of hydrogen-bond acceptors (Lipinski definition) is 7. The van der Waals surface area contributed by atoms with Gasteiger partial charge in [-0.2, -0.15) is 23.1 Å². The van der Waals surface area contributed by atoms with Crippen molar-refractivity contribution in [3.63, 3.8) is 0 Å². The number of carboxylic acid groups (broad SMARTS) is 1. The average Bonchev–Trinajstić information content (AvgIpc) is 2.96. The molecule has 1 aliphatic rings. The third kappa shape index (κ3) is 5.01. The van der Waals surface area contributed by atoms with Gasteiger partial charge in [-0.1, -0.05) is 5.92 Å². The number of aromatic nitrogens is 4. The van der Waals surface area contributed by atoms with Crippen LogP contribution in [0.5, 0.6) is 6.01 Å². The zero-order valence-electron chi connectivity index (χ0n) is 16.6. The Hall–Kier alpha value is -3.27. The average molecular weight is 430 g/mol. The molecule has 0 saturated carbocycles. The van der Waals surface area contributed by atoms with Crippen molar-refractivity contribution in [3.05, 3.63) is 10.5 Å². The van der Waals surface area contributed by atoms with E-state index < -0.39 is 12.1 Å². The van der Waals surface area contributed by atoms with E-state index >= 15 is 0 Å². The predicted molar refractivity (Wildman–Crippen MR) is 102 cm³/mol. The van der Waals surface area contributed by atoms with E-state index in [1.807, 2.05) is 0 Å². The molecule has 30 heavy (non-hydrogen) atoms. The molecule has 2 aromatic rings. The van der Waals surface area contributed by atoms with Crippen molar-refractivity contribution in [2.75, 3.05) is 38.2 Å². The van der Waals surface area contributed by atoms with Crippen molar-refractivity contribution in [2.24, 2.45) is 7.05 Å². The molecule has 0 amide bonds. The van der Waals surface area contributed by atoms with Crippen LogP contribution in [-0.4, -0.2) is 69.6 Å². The predicted octanol–water partition coefficient (Wildman–Crippen LogP) is 0.205. The summed E-state index contributed by atoms with van der Waals surface area (Å²) in [7, 11) is 3.23. The molecule has 1 fully saturated rings. The number of imidazole rings is 1. The van der Waals surface area contributed by atoms with Gasteiger partial charge in [0, 0.05) is 33.2 Å². The Morgan fingerprint density at radius 1 is 1.30 bits per heavy atom. The number of fused-ring (bicyclic) bond motifs is 1. The fraction of sp³-hybridized carbons (Fsp3) is 0.529. The smallest absolute Gasteiger partial charge is 0.475 e. The number of carboxylic acids is 1. The number of nitrogens with one attached hydrogen (secondary N) is 1. The van der Waals surface area contributed by atoms with Gasteiger partial charge in [0.05, 0.1) is 13.7 Å². The summed E-state index contributed by atoms with van der Waals surface area (Å²) in [5.41, 5.74) is 1.12. The minimum absolute atomic E-state index is 0.151. The molecular weight excluding hydrogens is 409 g/mol. The highest BCUT2D eigenvalue weighted by molar-refractivity contribution is 5.85. The summed E-state index contributed by atoms with van der Waals surface area (Å²) >= 11 is 0. The largest absolute Gasteiger partial charge is 0.490 e. The molecule has 10 nitrogen and oxygen atoms in total. The molecule has 1 saturated heterocycles. The first kappa shape index (κ1) is 23.0. The maximum absolute atomic E-state index is 12.5. The van der Waals surface area contributed by atoms with Gasteiger partial charge in [-0.15, -0.1) is 5.92 Å². The second-order valence-electron chi connectivity index (χ2n) is 6.10. The molecule has 1 aliphatic heterocycles. The number of nitrogens with zero attached hydrogens (tertiary/aromatic N) is 5. The van der Waals surface area contributed by atoms with Gasteiger partial charge in [0.1, 0.15) is 5.52 Å². The van der Waals surface area contributed by atoms with E-state index in [-0.39, 0.29) is 11.7 Å². The van der Waals surface area contributed by atoms with Crippen LogP contribution in [0.4, 0.5) is 19.0 Å². The molecule has 3 heterocycles. The van der Waals surface area contributed by atoms with Gasteiger partial charge >= 0.3 is 23.8 Å². The molecule has 2 aromatic heterocycles. The Labute approximate surface area is 169 Å². The molecule has 13 heteroatoms. The molecule has 0 aliphatic carbocycles. The van der Waals surface area contributed by atoms with Crippen molar-refractivity contribution >= 4 is 23.0 Å². The number of aliphatic carboxylic acids is 1. The highest BCUT2D eigenvalue weighted by Crippen LogP contribution is 2.25. The van der Waals surface area contributed by atoms with Crippen LogP contribution in [-0.2, 0) is 18.4 Å². The standard InChI is InChI=1S/C15H20N6O2.C2HF3O2/c1-4-5-8-21-11-12(19(2)15(21)22)17-14(23-3)18-13(11)20-9-6-16-7-10-20;3-2(4,5)1(6)7/h16H,6-10H2,1-3H3;(H,6,7). The highest BCUT2D eigenvalue weighted by Gasteiger charge is 2.38. The van der Waals surface area contributed by atoms with Gasteiger partial charge in [0.2, 0.25) is 0 Å². The second-order valence-corrected chi connectivity index (χ2v) is 6.10. The van der Waals surface area contributed by atoms with E-state index in [1.54, 1.807) is 18.5 Å². The zero-order valence-corrected chi connectivity index (χ0v) is 16.6. The van der Waals surface area contributed by atoms with Gasteiger partial charge in [-0.3, -0.25) is 9.13 Å². The summed E-state index contributed by atoms with van der Waals surface area (Å²) in [6.45, 7) is 5.46. The van der Waals surface area contributed by atoms with E-state index in [1.165, 1.54) is 11.7 Å². The first-order valence-corrected chi connectivity index (χ1v) is 8.78. The van der Waals surface area contributed by atoms with Gasteiger partial charge in [-0.25, -0.2) is 9.59 Å². The minimum atomic E-state index is -5.08. The van der Waals surface area contributed by atoms with E-state index in [9.17, 15) is 18.0 Å². The lowest BCUT2D eigenvalue weighted by molar-refractivity contribution is -0.192. The first-order valence-electron chi connectivity index (χ1n) is 8.78. The summed E-state index contributed by atoms with van der Waals surface area (Å²) in [5, 5.41) is 10.4. The Bertz CT molecular complexity index is 1030. The van der Waals surface area contributed by atoms with Crippen LogP contribution in [0.25, 0.3) is 11.2 Å². The zero-order chi connectivity index (χ0) is 22.5. The van der Waals surface area contributed by atoms with Gasteiger partial charge in [0.15, 0.2) is 11.5 Å². The van der Waals surface area contributed by atoms with E-state index in [0.29, 0.717) is 17.7 Å². The number of ether oxygens (including phenoxy) is 1. The minimum Gasteiger partial charge on any atom is -0.475 e. The Kier molecular flexibility index (Phi) is 7.28. The van der Waals surface area contributed by atoms with Gasteiger partial charge in [-0.05, 0) is 6.92 Å². The summed E-state index contributed by atoms with van der Waals surface area (Å²) in [5.74, 6) is 3.75. The molecule has 0 atom stereocenters. The fourth-order valence-electron chi connectivity index (χ4n) is 2.75. The maximum atomic E-state index is 12.5. The third-order valence-corrected chi connectivity index (χ3v) is 4.19. The van der Waals surface area contributed by atoms with Crippen LogP contribution in [0.1, 0.15) is 6.92 Å². The van der Waals surface area contributed by atoms with Crippen molar-refractivity contribution in [1.29, 1.82) is 0 Å². The van der Waals surface area contributed by atoms with E-state index in [0.717, 1.165) is 32.0 Å². The van der Waals surface area contributed by atoms with Crippen molar-refractivity contribution < 1.29 is 27.8 Å². The molecule has 164 valence electrons. The maximum Gasteiger partial charge on any atom is 0.490 e. The molecule has 0 spiro atoms. The fourth-order valence-corrected chi connectivity index (χ4v) is 2.75. The number of rotatable bonds is 3. The Balaban J connectivity index is 0.000000396. The van der Waals surface area contributed by atoms with Crippen LogP contribution in [0.2, 0.25) is 0 Å². The van der Waals surface area contributed by atoms with Crippen molar-refractivity contribution in [2.45, 2.75) is 19.6 Å². The lowest BCUT2D eigenvalue weighted by Gasteiger charge is -2.29. The molecule has 0 unspecified atom stereocenters. The van der Waals surface area contributed by atoms with Crippen LogP contribution in [0, 0.1) is 11.8 Å². The second kappa shape index (κ2) is 9.49. The van der Waals surface area contributed by atoms with Gasteiger partial charge < -0.3 is 20.1 Å². The summed E-state index contributed by atoms with van der Waals surface area (Å²) < 4.78 is 40.1. The number of carbonyl (C=O) groups is 1. The van der Waals surface area contributed by atoms with Crippen LogP contribution in [0.3, 0.4) is 0 Å². The lowest BCUT2D eigenvalue weighted by atomic mass is 10.3. The topological polar surface area (TPSA) is 115 Å². The highest BCUT2D eigenvalue weighted by atomic mass is 19.4. The van der Waals surface area contributed by atoms with E-state index in [2.05, 4.69) is 32.0 Å². The van der Waals surface area contributed by atoms with Gasteiger partial charge in [0.25, 0.3) is 0 Å². The quantitative estimate of drug-likeness (QED) is 0.664. The number of hydrogen-bond donors (Lipinski definition) is 2. The number of halogens is 3. The summed E-state index contributed by atoms with van der Waals surface area (Å²) in [6.07, 6.45) is -5.08. The van der Waals surface area contributed by atoms with Crippen LogP contribution >= 0.6 is 0 Å². The lowest BCUT2D eigenvalue weighted by Crippen LogP contribution is -2.44. The molecule has 0 aromatic carbocycles. The Morgan fingerprint density at radius 3 is 2.40 bits per heavy atom. The monoisotopic (exact) mass is 430 g/mol. The first-order chi connectivity index (χ1) is 14.1.